The lowest BCUT2D eigenvalue weighted by atomic mass is 9.93. The second-order valence-electron chi connectivity index (χ2n) is 4.92. The van der Waals surface area contributed by atoms with Crippen molar-refractivity contribution in [1.29, 1.82) is 0 Å². The van der Waals surface area contributed by atoms with Crippen molar-refractivity contribution in [3.8, 4) is 0 Å². The van der Waals surface area contributed by atoms with Gasteiger partial charge in [-0.05, 0) is 56.7 Å². The molecule has 1 atom stereocenters. The summed E-state index contributed by atoms with van der Waals surface area (Å²) in [6, 6.07) is 10.9. The molecule has 1 aromatic rings. The third-order valence-electron chi connectivity index (χ3n) is 3.62. The molecule has 1 fully saturated rings. The van der Waals surface area contributed by atoms with E-state index in [2.05, 4.69) is 35.6 Å². The van der Waals surface area contributed by atoms with E-state index < -0.39 is 0 Å². The van der Waals surface area contributed by atoms with Crippen LogP contribution in [0.2, 0.25) is 0 Å². The van der Waals surface area contributed by atoms with Gasteiger partial charge in [0.05, 0.1) is 0 Å². The number of benzene rings is 1. The van der Waals surface area contributed by atoms with Crippen molar-refractivity contribution in [2.75, 3.05) is 13.1 Å². The molecule has 1 heteroatoms. The second kappa shape index (κ2) is 6.70. The van der Waals surface area contributed by atoms with Gasteiger partial charge in [0.1, 0.15) is 0 Å². The highest BCUT2D eigenvalue weighted by Crippen LogP contribution is 2.20. The zero-order valence-electron chi connectivity index (χ0n) is 10.1. The van der Waals surface area contributed by atoms with Crippen LogP contribution in [-0.4, -0.2) is 13.1 Å². The largest absolute Gasteiger partial charge is 0.317 e. The number of hydrogen-bond acceptors (Lipinski definition) is 1. The molecule has 1 N–H and O–H groups in total. The highest BCUT2D eigenvalue weighted by molar-refractivity contribution is 5.14. The molecule has 1 unspecified atom stereocenters. The lowest BCUT2D eigenvalue weighted by Crippen LogP contribution is -2.14. The highest BCUT2D eigenvalue weighted by Gasteiger charge is 2.11. The van der Waals surface area contributed by atoms with Crippen molar-refractivity contribution in [3.05, 3.63) is 35.9 Å². The summed E-state index contributed by atoms with van der Waals surface area (Å²) in [5, 5.41) is 3.49. The van der Waals surface area contributed by atoms with Crippen LogP contribution in [0.15, 0.2) is 30.3 Å². The fourth-order valence-corrected chi connectivity index (χ4v) is 2.62. The van der Waals surface area contributed by atoms with Crippen molar-refractivity contribution < 1.29 is 0 Å². The summed E-state index contributed by atoms with van der Waals surface area (Å²) in [7, 11) is 0. The van der Waals surface area contributed by atoms with E-state index in [4.69, 9.17) is 0 Å². The van der Waals surface area contributed by atoms with Crippen LogP contribution in [0.3, 0.4) is 0 Å². The topological polar surface area (TPSA) is 12.0 Å². The average molecular weight is 217 g/mol. The molecule has 88 valence electrons. The van der Waals surface area contributed by atoms with Crippen molar-refractivity contribution >= 4 is 0 Å². The van der Waals surface area contributed by atoms with Crippen LogP contribution >= 0.6 is 0 Å². The molecular weight excluding hydrogens is 194 g/mol. The van der Waals surface area contributed by atoms with Gasteiger partial charge in [0.2, 0.25) is 0 Å². The lowest BCUT2D eigenvalue weighted by Gasteiger charge is -2.12. The summed E-state index contributed by atoms with van der Waals surface area (Å²) in [4.78, 5) is 0. The lowest BCUT2D eigenvalue weighted by molar-refractivity contribution is 0.425. The van der Waals surface area contributed by atoms with Crippen molar-refractivity contribution in [2.24, 2.45) is 5.92 Å². The second-order valence-corrected chi connectivity index (χ2v) is 4.92. The van der Waals surface area contributed by atoms with Gasteiger partial charge in [0.25, 0.3) is 0 Å². The molecule has 0 amide bonds. The monoisotopic (exact) mass is 217 g/mol. The van der Waals surface area contributed by atoms with Crippen molar-refractivity contribution in [2.45, 2.75) is 38.5 Å². The zero-order valence-corrected chi connectivity index (χ0v) is 10.1. The third-order valence-corrected chi connectivity index (χ3v) is 3.62. The number of rotatable bonds is 4. The predicted molar refractivity (Wildman–Crippen MR) is 69.6 cm³/mol. The maximum atomic E-state index is 3.49. The maximum Gasteiger partial charge on any atom is -0.00463 e. The van der Waals surface area contributed by atoms with E-state index in [0.717, 1.165) is 5.92 Å². The van der Waals surface area contributed by atoms with E-state index in [1.165, 1.54) is 57.2 Å². The Bertz CT molecular complexity index is 273. The molecule has 0 aromatic heterocycles. The van der Waals surface area contributed by atoms with Crippen LogP contribution in [0, 0.1) is 5.92 Å². The molecule has 1 heterocycles. The van der Waals surface area contributed by atoms with Gasteiger partial charge in [-0.1, -0.05) is 36.8 Å². The van der Waals surface area contributed by atoms with Crippen LogP contribution in [0.4, 0.5) is 0 Å². The van der Waals surface area contributed by atoms with Crippen molar-refractivity contribution in [1.82, 2.24) is 5.32 Å². The number of aryl methyl sites for hydroxylation is 1. The Morgan fingerprint density at radius 1 is 1.06 bits per heavy atom. The minimum absolute atomic E-state index is 0.971. The van der Waals surface area contributed by atoms with Gasteiger partial charge >= 0.3 is 0 Å². The van der Waals surface area contributed by atoms with Crippen LogP contribution in [0.25, 0.3) is 0 Å². The smallest absolute Gasteiger partial charge is 0.00463 e. The SMILES string of the molecule is c1ccc(CCCC2CCCNCC2)cc1. The van der Waals surface area contributed by atoms with E-state index in [9.17, 15) is 0 Å². The van der Waals surface area contributed by atoms with Gasteiger partial charge in [0.15, 0.2) is 0 Å². The summed E-state index contributed by atoms with van der Waals surface area (Å²) in [5.74, 6) is 0.971. The molecule has 0 saturated carbocycles. The third kappa shape index (κ3) is 3.97. The first-order valence-electron chi connectivity index (χ1n) is 6.70. The zero-order chi connectivity index (χ0) is 11.1. The standard InChI is InChI=1S/C15H23N/c1-2-6-14(7-3-1)8-4-9-15-10-5-12-16-13-11-15/h1-3,6-7,15-16H,4-5,8-13H2. The minimum Gasteiger partial charge on any atom is -0.317 e. The maximum absolute atomic E-state index is 3.49. The quantitative estimate of drug-likeness (QED) is 0.815. The van der Waals surface area contributed by atoms with Crippen LogP contribution < -0.4 is 5.32 Å². The van der Waals surface area contributed by atoms with Gasteiger partial charge in [-0.15, -0.1) is 0 Å². The number of hydrogen-bond donors (Lipinski definition) is 1. The molecule has 1 nitrogen and oxygen atoms in total. The van der Waals surface area contributed by atoms with E-state index in [1.807, 2.05) is 0 Å². The van der Waals surface area contributed by atoms with Crippen LogP contribution in [0.1, 0.15) is 37.7 Å². The molecule has 0 aliphatic carbocycles. The summed E-state index contributed by atoms with van der Waals surface area (Å²) in [5.41, 5.74) is 1.49. The first-order valence-corrected chi connectivity index (χ1v) is 6.70. The molecule has 1 saturated heterocycles. The Morgan fingerprint density at radius 3 is 2.81 bits per heavy atom. The van der Waals surface area contributed by atoms with Crippen molar-refractivity contribution in [3.63, 3.8) is 0 Å². The summed E-state index contributed by atoms with van der Waals surface area (Å²) >= 11 is 0. The molecule has 1 aromatic carbocycles. The van der Waals surface area contributed by atoms with Gasteiger partial charge in [0, 0.05) is 0 Å². The molecule has 1 aliphatic rings. The fraction of sp³-hybridized carbons (Fsp3) is 0.600. The molecule has 16 heavy (non-hydrogen) atoms. The minimum atomic E-state index is 0.971. The first-order chi connectivity index (χ1) is 7.95. The Labute approximate surface area is 99.3 Å². The van der Waals surface area contributed by atoms with E-state index >= 15 is 0 Å². The van der Waals surface area contributed by atoms with Gasteiger partial charge in [-0.25, -0.2) is 0 Å². The van der Waals surface area contributed by atoms with Crippen LogP contribution in [0.5, 0.6) is 0 Å². The molecular formula is C15H23N. The molecule has 0 spiro atoms. The predicted octanol–water partition coefficient (Wildman–Crippen LogP) is 3.40. The van der Waals surface area contributed by atoms with E-state index in [0.29, 0.717) is 0 Å². The van der Waals surface area contributed by atoms with Crippen LogP contribution in [-0.2, 0) is 6.42 Å². The normalized spacial score (nSPS) is 21.6. The van der Waals surface area contributed by atoms with Gasteiger partial charge < -0.3 is 5.32 Å². The summed E-state index contributed by atoms with van der Waals surface area (Å²) in [6.07, 6.45) is 8.21. The Morgan fingerprint density at radius 2 is 1.94 bits per heavy atom. The summed E-state index contributed by atoms with van der Waals surface area (Å²) < 4.78 is 0. The van der Waals surface area contributed by atoms with Gasteiger partial charge in [-0.2, -0.15) is 0 Å². The summed E-state index contributed by atoms with van der Waals surface area (Å²) in [6.45, 7) is 2.46. The van der Waals surface area contributed by atoms with E-state index in [1.54, 1.807) is 0 Å². The molecule has 0 bridgehead atoms. The Balaban J connectivity index is 1.67. The number of nitrogens with one attached hydrogen (secondary N) is 1. The van der Waals surface area contributed by atoms with E-state index in [-0.39, 0.29) is 0 Å². The average Bonchev–Trinajstić information content (AvgIpc) is 2.59. The fourth-order valence-electron chi connectivity index (χ4n) is 2.62. The Kier molecular flexibility index (Phi) is 4.88. The van der Waals surface area contributed by atoms with Gasteiger partial charge in [-0.3, -0.25) is 0 Å². The molecule has 1 aliphatic heterocycles. The first kappa shape index (κ1) is 11.7. The molecule has 2 rings (SSSR count). The highest BCUT2D eigenvalue weighted by atomic mass is 14.8. The molecule has 0 radical (unpaired) electrons. The Hall–Kier alpha value is -0.820.